The molecule has 2 N–H and O–H groups in total. The predicted molar refractivity (Wildman–Crippen MR) is 62.1 cm³/mol. The molecule has 1 heterocycles. The fraction of sp³-hybridized carbons (Fsp3) is 0.333. The molecule has 0 radical (unpaired) electrons. The maximum atomic E-state index is 9.60. The molecule has 88 valence electrons. The van der Waals surface area contributed by atoms with Gasteiger partial charge in [-0.05, 0) is 37.5 Å². The number of aryl methyl sites for hydroxylation is 1. The molecule has 0 amide bonds. The third-order valence-electron chi connectivity index (χ3n) is 1.74. The molecule has 1 aromatic heterocycles. The molecule has 0 atom stereocenters. The molecule has 0 spiro atoms. The molecular formula is C12H17NO3. The molecule has 4 heteroatoms. The van der Waals surface area contributed by atoms with Crippen LogP contribution in [0.5, 0.6) is 0 Å². The minimum atomic E-state index is -0.935. The average Bonchev–Trinajstić information content (AvgIpc) is 2.28. The highest BCUT2D eigenvalue weighted by Crippen LogP contribution is 1.99. The number of rotatable bonds is 4. The zero-order valence-electron chi connectivity index (χ0n) is 9.39. The standard InChI is InChI=1S/C8H11NO.C4H6O2/c10-7-1-2-8-3-5-9-6-4-8;1-3(2)4(5)6/h3-6,10H,1-2,7H2;1H2,2H3,(H,5,6). The van der Waals surface area contributed by atoms with Crippen molar-refractivity contribution < 1.29 is 15.0 Å². The molecule has 0 bridgehead atoms. The normalized spacial score (nSPS) is 8.88. The van der Waals surface area contributed by atoms with Crippen molar-refractivity contribution in [1.82, 2.24) is 4.98 Å². The molecule has 1 rings (SSSR count). The Hall–Kier alpha value is -1.68. The van der Waals surface area contributed by atoms with Gasteiger partial charge in [-0.15, -0.1) is 0 Å². The van der Waals surface area contributed by atoms with Crippen LogP contribution in [-0.2, 0) is 11.2 Å². The zero-order valence-corrected chi connectivity index (χ0v) is 9.39. The lowest BCUT2D eigenvalue weighted by Crippen LogP contribution is -1.92. The van der Waals surface area contributed by atoms with Gasteiger partial charge in [0, 0.05) is 24.6 Å². The Balaban J connectivity index is 0.000000325. The van der Waals surface area contributed by atoms with Crippen LogP contribution in [0.2, 0.25) is 0 Å². The highest BCUT2D eigenvalue weighted by atomic mass is 16.4. The highest BCUT2D eigenvalue weighted by molar-refractivity contribution is 5.84. The number of nitrogens with zero attached hydrogens (tertiary/aromatic N) is 1. The summed E-state index contributed by atoms with van der Waals surface area (Å²) in [6.45, 7) is 4.87. The molecular weight excluding hydrogens is 206 g/mol. The SMILES string of the molecule is C=C(C)C(=O)O.OCCCc1ccncc1. The molecule has 0 saturated heterocycles. The zero-order chi connectivity index (χ0) is 12.4. The number of carboxylic acid groups (broad SMARTS) is 1. The minimum Gasteiger partial charge on any atom is -0.478 e. The summed E-state index contributed by atoms with van der Waals surface area (Å²) in [5.74, 6) is -0.935. The number of aliphatic hydroxyl groups excluding tert-OH is 1. The van der Waals surface area contributed by atoms with Crippen LogP contribution in [0.25, 0.3) is 0 Å². The van der Waals surface area contributed by atoms with E-state index in [1.807, 2.05) is 12.1 Å². The van der Waals surface area contributed by atoms with Gasteiger partial charge in [-0.2, -0.15) is 0 Å². The quantitative estimate of drug-likeness (QED) is 0.761. The number of pyridine rings is 1. The summed E-state index contributed by atoms with van der Waals surface area (Å²) < 4.78 is 0. The van der Waals surface area contributed by atoms with Crippen molar-refractivity contribution >= 4 is 5.97 Å². The first-order valence-corrected chi connectivity index (χ1v) is 4.96. The van der Waals surface area contributed by atoms with Crippen molar-refractivity contribution in [2.24, 2.45) is 0 Å². The Morgan fingerprint density at radius 1 is 1.44 bits per heavy atom. The number of hydrogen-bond donors (Lipinski definition) is 2. The van der Waals surface area contributed by atoms with E-state index >= 15 is 0 Å². The van der Waals surface area contributed by atoms with Gasteiger partial charge in [0.15, 0.2) is 0 Å². The Kier molecular flexibility index (Phi) is 7.71. The molecule has 0 aliphatic rings. The van der Waals surface area contributed by atoms with E-state index in [2.05, 4.69) is 11.6 Å². The summed E-state index contributed by atoms with van der Waals surface area (Å²) in [5, 5.41) is 16.4. The smallest absolute Gasteiger partial charge is 0.330 e. The van der Waals surface area contributed by atoms with Gasteiger partial charge in [0.1, 0.15) is 0 Å². The number of aromatic nitrogens is 1. The molecule has 0 unspecified atom stereocenters. The van der Waals surface area contributed by atoms with Gasteiger partial charge < -0.3 is 10.2 Å². The largest absolute Gasteiger partial charge is 0.478 e. The average molecular weight is 223 g/mol. The molecule has 0 fully saturated rings. The number of carboxylic acids is 1. The lowest BCUT2D eigenvalue weighted by molar-refractivity contribution is -0.132. The summed E-state index contributed by atoms with van der Waals surface area (Å²) in [6.07, 6.45) is 5.32. The topological polar surface area (TPSA) is 70.4 Å². The van der Waals surface area contributed by atoms with Gasteiger partial charge in [0.2, 0.25) is 0 Å². The molecule has 16 heavy (non-hydrogen) atoms. The Morgan fingerprint density at radius 2 is 1.94 bits per heavy atom. The first kappa shape index (κ1) is 14.3. The van der Waals surface area contributed by atoms with Gasteiger partial charge in [0.05, 0.1) is 0 Å². The van der Waals surface area contributed by atoms with Crippen molar-refractivity contribution in [2.75, 3.05) is 6.61 Å². The number of hydrogen-bond acceptors (Lipinski definition) is 3. The van der Waals surface area contributed by atoms with Gasteiger partial charge in [-0.25, -0.2) is 4.79 Å². The number of aliphatic carboxylic acids is 1. The van der Waals surface area contributed by atoms with E-state index in [1.54, 1.807) is 12.4 Å². The van der Waals surface area contributed by atoms with Crippen molar-refractivity contribution in [1.29, 1.82) is 0 Å². The van der Waals surface area contributed by atoms with Crippen LogP contribution >= 0.6 is 0 Å². The maximum absolute atomic E-state index is 9.60. The van der Waals surface area contributed by atoms with Gasteiger partial charge >= 0.3 is 5.97 Å². The van der Waals surface area contributed by atoms with E-state index in [1.165, 1.54) is 12.5 Å². The Labute approximate surface area is 95.3 Å². The molecule has 0 saturated carbocycles. The second-order valence-corrected chi connectivity index (χ2v) is 3.27. The van der Waals surface area contributed by atoms with Crippen LogP contribution in [0.3, 0.4) is 0 Å². The summed E-state index contributed by atoms with van der Waals surface area (Å²) >= 11 is 0. The highest BCUT2D eigenvalue weighted by Gasteiger charge is 1.90. The number of aliphatic hydroxyl groups is 1. The molecule has 0 aromatic carbocycles. The lowest BCUT2D eigenvalue weighted by atomic mass is 10.1. The van der Waals surface area contributed by atoms with Crippen molar-refractivity contribution in [2.45, 2.75) is 19.8 Å². The van der Waals surface area contributed by atoms with Crippen LogP contribution in [0.1, 0.15) is 18.9 Å². The van der Waals surface area contributed by atoms with Crippen LogP contribution in [0.15, 0.2) is 36.7 Å². The summed E-state index contributed by atoms with van der Waals surface area (Å²) in [4.78, 5) is 13.5. The van der Waals surface area contributed by atoms with E-state index in [4.69, 9.17) is 10.2 Å². The summed E-state index contributed by atoms with van der Waals surface area (Å²) in [7, 11) is 0. The fourth-order valence-electron chi connectivity index (χ4n) is 0.833. The molecule has 4 nitrogen and oxygen atoms in total. The van der Waals surface area contributed by atoms with Gasteiger partial charge in [0.25, 0.3) is 0 Å². The second kappa shape index (κ2) is 8.61. The summed E-state index contributed by atoms with van der Waals surface area (Å²) in [5.41, 5.74) is 1.42. The monoisotopic (exact) mass is 223 g/mol. The van der Waals surface area contributed by atoms with Crippen LogP contribution in [0.4, 0.5) is 0 Å². The van der Waals surface area contributed by atoms with E-state index < -0.39 is 5.97 Å². The fourth-order valence-corrected chi connectivity index (χ4v) is 0.833. The van der Waals surface area contributed by atoms with E-state index in [-0.39, 0.29) is 12.2 Å². The third kappa shape index (κ3) is 7.70. The third-order valence-corrected chi connectivity index (χ3v) is 1.74. The van der Waals surface area contributed by atoms with Crippen molar-refractivity contribution in [3.63, 3.8) is 0 Å². The Morgan fingerprint density at radius 3 is 2.31 bits per heavy atom. The van der Waals surface area contributed by atoms with E-state index in [0.29, 0.717) is 0 Å². The van der Waals surface area contributed by atoms with Crippen LogP contribution < -0.4 is 0 Å². The lowest BCUT2D eigenvalue weighted by Gasteiger charge is -1.95. The minimum absolute atomic E-state index is 0.176. The first-order valence-electron chi connectivity index (χ1n) is 4.96. The van der Waals surface area contributed by atoms with Crippen molar-refractivity contribution in [3.05, 3.63) is 42.2 Å². The summed E-state index contributed by atoms with van der Waals surface area (Å²) in [6, 6.07) is 3.94. The maximum Gasteiger partial charge on any atom is 0.330 e. The van der Waals surface area contributed by atoms with Crippen LogP contribution in [-0.4, -0.2) is 27.8 Å². The van der Waals surface area contributed by atoms with Crippen molar-refractivity contribution in [3.8, 4) is 0 Å². The van der Waals surface area contributed by atoms with Crippen LogP contribution in [0, 0.1) is 0 Å². The molecule has 0 aliphatic heterocycles. The second-order valence-electron chi connectivity index (χ2n) is 3.27. The first-order chi connectivity index (χ1) is 7.57. The van der Waals surface area contributed by atoms with E-state index in [0.717, 1.165) is 12.8 Å². The Bertz CT molecular complexity index is 310. The van der Waals surface area contributed by atoms with Gasteiger partial charge in [-0.3, -0.25) is 4.98 Å². The molecule has 0 aliphatic carbocycles. The van der Waals surface area contributed by atoms with E-state index in [9.17, 15) is 4.79 Å². The van der Waals surface area contributed by atoms with Gasteiger partial charge in [-0.1, -0.05) is 6.58 Å². The molecule has 1 aromatic rings. The number of carbonyl (C=O) groups is 1. The predicted octanol–water partition coefficient (Wildman–Crippen LogP) is 1.65.